The van der Waals surface area contributed by atoms with Gasteiger partial charge in [-0.25, -0.2) is 5.32 Å². The molecule has 1 nitrogen and oxygen atoms in total. The number of hydrogen-bond donors (Lipinski definition) is 0. The minimum Gasteiger partial charge on any atom is -0.238 e. The summed E-state index contributed by atoms with van der Waals surface area (Å²) in [5.41, 5.74) is 0. The van der Waals surface area contributed by atoms with E-state index in [1.807, 2.05) is 0 Å². The SMILES string of the molecule is C1CCC(C2CCC2)[N]C1. The Labute approximate surface area is 63.2 Å². The van der Waals surface area contributed by atoms with Crippen LogP contribution in [-0.4, -0.2) is 12.6 Å². The molecule has 1 heterocycles. The summed E-state index contributed by atoms with van der Waals surface area (Å²) in [4.78, 5) is 0. The van der Waals surface area contributed by atoms with E-state index in [1.54, 1.807) is 0 Å². The van der Waals surface area contributed by atoms with Crippen LogP contribution in [0.3, 0.4) is 0 Å². The second-order valence-corrected chi connectivity index (χ2v) is 3.66. The number of nitrogens with zero attached hydrogens (tertiary/aromatic N) is 1. The molecule has 1 unspecified atom stereocenters. The molecular formula is C9H16N. The van der Waals surface area contributed by atoms with Crippen LogP contribution in [0.25, 0.3) is 0 Å². The number of rotatable bonds is 1. The first-order chi connectivity index (χ1) is 4.97. The van der Waals surface area contributed by atoms with E-state index in [4.69, 9.17) is 0 Å². The lowest BCUT2D eigenvalue weighted by molar-refractivity contribution is 0.196. The van der Waals surface area contributed by atoms with Crippen molar-refractivity contribution in [1.82, 2.24) is 5.32 Å². The van der Waals surface area contributed by atoms with E-state index in [-0.39, 0.29) is 0 Å². The van der Waals surface area contributed by atoms with Crippen LogP contribution < -0.4 is 5.32 Å². The van der Waals surface area contributed by atoms with Crippen molar-refractivity contribution < 1.29 is 0 Å². The van der Waals surface area contributed by atoms with Crippen LogP contribution in [0.15, 0.2) is 0 Å². The Kier molecular flexibility index (Phi) is 1.94. The predicted octanol–water partition coefficient (Wildman–Crippen LogP) is 1.94. The molecule has 1 saturated carbocycles. The van der Waals surface area contributed by atoms with Gasteiger partial charge < -0.3 is 0 Å². The van der Waals surface area contributed by atoms with Gasteiger partial charge in [0.15, 0.2) is 0 Å². The molecule has 0 aromatic heterocycles. The normalized spacial score (nSPS) is 35.4. The van der Waals surface area contributed by atoms with Gasteiger partial charge in [0.2, 0.25) is 0 Å². The molecule has 2 rings (SSSR count). The van der Waals surface area contributed by atoms with Crippen LogP contribution in [0.1, 0.15) is 38.5 Å². The average Bonchev–Trinajstić information content (AvgIpc) is 1.86. The predicted molar refractivity (Wildman–Crippen MR) is 42.0 cm³/mol. The molecule has 1 aliphatic carbocycles. The topological polar surface area (TPSA) is 14.1 Å². The van der Waals surface area contributed by atoms with Crippen molar-refractivity contribution in [3.8, 4) is 0 Å². The van der Waals surface area contributed by atoms with Crippen LogP contribution in [0, 0.1) is 5.92 Å². The van der Waals surface area contributed by atoms with Crippen LogP contribution in [0.5, 0.6) is 0 Å². The first-order valence-corrected chi connectivity index (χ1v) is 4.63. The Bertz CT molecular complexity index is 101. The van der Waals surface area contributed by atoms with E-state index in [0.29, 0.717) is 0 Å². The molecule has 2 aliphatic rings. The second kappa shape index (κ2) is 2.91. The molecular weight excluding hydrogens is 122 g/mol. The third kappa shape index (κ3) is 1.20. The Morgan fingerprint density at radius 2 is 1.80 bits per heavy atom. The van der Waals surface area contributed by atoms with Crippen molar-refractivity contribution in [3.63, 3.8) is 0 Å². The second-order valence-electron chi connectivity index (χ2n) is 3.66. The zero-order valence-electron chi connectivity index (χ0n) is 6.55. The maximum Gasteiger partial charge on any atom is 0.0274 e. The highest BCUT2D eigenvalue weighted by Gasteiger charge is 2.28. The number of hydrogen-bond acceptors (Lipinski definition) is 0. The molecule has 57 valence electrons. The van der Waals surface area contributed by atoms with E-state index in [9.17, 15) is 0 Å². The fourth-order valence-corrected chi connectivity index (χ4v) is 2.02. The lowest BCUT2D eigenvalue weighted by Crippen LogP contribution is -2.37. The van der Waals surface area contributed by atoms with E-state index >= 15 is 0 Å². The summed E-state index contributed by atoms with van der Waals surface area (Å²) in [6, 6.07) is 0.780. The third-order valence-corrected chi connectivity index (χ3v) is 2.97. The Hall–Kier alpha value is -0.0400. The van der Waals surface area contributed by atoms with Gasteiger partial charge in [0, 0.05) is 12.6 Å². The molecule has 1 radical (unpaired) electrons. The van der Waals surface area contributed by atoms with Crippen molar-refractivity contribution in [2.24, 2.45) is 5.92 Å². The molecule has 0 spiro atoms. The smallest absolute Gasteiger partial charge is 0.0274 e. The average molecular weight is 138 g/mol. The van der Waals surface area contributed by atoms with Crippen molar-refractivity contribution >= 4 is 0 Å². The lowest BCUT2D eigenvalue weighted by Gasteiger charge is -2.35. The Morgan fingerprint density at radius 1 is 0.900 bits per heavy atom. The Morgan fingerprint density at radius 3 is 2.30 bits per heavy atom. The molecule has 1 saturated heterocycles. The molecule has 0 aromatic rings. The zero-order chi connectivity index (χ0) is 6.81. The Balaban J connectivity index is 1.78. The molecule has 1 heteroatoms. The first-order valence-electron chi connectivity index (χ1n) is 4.63. The molecule has 0 amide bonds. The molecule has 0 aromatic carbocycles. The van der Waals surface area contributed by atoms with Gasteiger partial charge in [0.25, 0.3) is 0 Å². The van der Waals surface area contributed by atoms with Gasteiger partial charge in [-0.2, -0.15) is 0 Å². The zero-order valence-corrected chi connectivity index (χ0v) is 6.55. The fourth-order valence-electron chi connectivity index (χ4n) is 2.02. The molecule has 0 bridgehead atoms. The summed E-state index contributed by atoms with van der Waals surface area (Å²) >= 11 is 0. The minimum atomic E-state index is 0.780. The maximum absolute atomic E-state index is 4.65. The summed E-state index contributed by atoms with van der Waals surface area (Å²) in [5.74, 6) is 1.00. The fraction of sp³-hybridized carbons (Fsp3) is 1.00. The highest BCUT2D eigenvalue weighted by atomic mass is 14.9. The van der Waals surface area contributed by atoms with E-state index in [0.717, 1.165) is 18.5 Å². The van der Waals surface area contributed by atoms with Gasteiger partial charge in [-0.1, -0.05) is 12.8 Å². The van der Waals surface area contributed by atoms with E-state index < -0.39 is 0 Å². The van der Waals surface area contributed by atoms with Crippen LogP contribution in [0.4, 0.5) is 0 Å². The van der Waals surface area contributed by atoms with E-state index in [1.165, 1.54) is 38.5 Å². The largest absolute Gasteiger partial charge is 0.238 e. The van der Waals surface area contributed by atoms with Crippen molar-refractivity contribution in [2.75, 3.05) is 6.54 Å². The molecule has 2 fully saturated rings. The summed E-state index contributed by atoms with van der Waals surface area (Å²) in [6.07, 6.45) is 8.58. The standard InChI is InChI=1S/C9H16N/c1-2-7-10-9(6-1)8-4-3-5-8/h8-9H,1-7H2. The van der Waals surface area contributed by atoms with Crippen molar-refractivity contribution in [1.29, 1.82) is 0 Å². The summed E-state index contributed by atoms with van der Waals surface area (Å²) in [5, 5.41) is 4.65. The van der Waals surface area contributed by atoms with E-state index in [2.05, 4.69) is 5.32 Å². The highest BCUT2D eigenvalue weighted by molar-refractivity contribution is 4.84. The minimum absolute atomic E-state index is 0.780. The number of piperidine rings is 1. The first kappa shape index (κ1) is 6.66. The highest BCUT2D eigenvalue weighted by Crippen LogP contribution is 2.33. The van der Waals surface area contributed by atoms with Crippen molar-refractivity contribution in [3.05, 3.63) is 0 Å². The van der Waals surface area contributed by atoms with Gasteiger partial charge >= 0.3 is 0 Å². The van der Waals surface area contributed by atoms with Crippen LogP contribution >= 0.6 is 0 Å². The molecule has 1 aliphatic heterocycles. The summed E-state index contributed by atoms with van der Waals surface area (Å²) < 4.78 is 0. The van der Waals surface area contributed by atoms with Gasteiger partial charge in [-0.05, 0) is 31.6 Å². The molecule has 0 N–H and O–H groups in total. The maximum atomic E-state index is 4.65. The monoisotopic (exact) mass is 138 g/mol. The quantitative estimate of drug-likeness (QED) is 0.526. The molecule has 10 heavy (non-hydrogen) atoms. The van der Waals surface area contributed by atoms with Gasteiger partial charge in [0.05, 0.1) is 0 Å². The van der Waals surface area contributed by atoms with Crippen LogP contribution in [0.2, 0.25) is 0 Å². The summed E-state index contributed by atoms with van der Waals surface area (Å²) in [6.45, 7) is 1.15. The van der Waals surface area contributed by atoms with Gasteiger partial charge in [-0.15, -0.1) is 0 Å². The van der Waals surface area contributed by atoms with Gasteiger partial charge in [0.1, 0.15) is 0 Å². The third-order valence-electron chi connectivity index (χ3n) is 2.97. The lowest BCUT2D eigenvalue weighted by atomic mass is 9.77. The molecule has 1 atom stereocenters. The van der Waals surface area contributed by atoms with Crippen molar-refractivity contribution in [2.45, 2.75) is 44.6 Å². The van der Waals surface area contributed by atoms with Gasteiger partial charge in [-0.3, -0.25) is 0 Å². The summed E-state index contributed by atoms with van der Waals surface area (Å²) in [7, 11) is 0. The van der Waals surface area contributed by atoms with Crippen LogP contribution in [-0.2, 0) is 0 Å².